The lowest BCUT2D eigenvalue weighted by Crippen LogP contribution is -2.36. The van der Waals surface area contributed by atoms with E-state index in [9.17, 15) is 4.39 Å². The molecule has 2 rings (SSSR count). The molecule has 18 heavy (non-hydrogen) atoms. The Kier molecular flexibility index (Phi) is 4.32. The van der Waals surface area contributed by atoms with Gasteiger partial charge in [0.15, 0.2) is 0 Å². The third-order valence-corrected chi connectivity index (χ3v) is 3.68. The first kappa shape index (κ1) is 13.5. The van der Waals surface area contributed by atoms with Crippen molar-refractivity contribution in [3.63, 3.8) is 0 Å². The van der Waals surface area contributed by atoms with Crippen molar-refractivity contribution in [2.24, 2.45) is 5.73 Å². The van der Waals surface area contributed by atoms with E-state index in [0.29, 0.717) is 24.7 Å². The molecule has 0 radical (unpaired) electrons. The maximum atomic E-state index is 13.9. The quantitative estimate of drug-likeness (QED) is 0.889. The normalized spacial score (nSPS) is 23.8. The van der Waals surface area contributed by atoms with Crippen molar-refractivity contribution in [1.29, 1.82) is 0 Å². The highest BCUT2D eigenvalue weighted by atomic mass is 19.1. The minimum atomic E-state index is -0.170. The smallest absolute Gasteiger partial charge is 0.128 e. The number of likely N-dealkylation sites (N-methyl/N-ethyl adjacent to an activating group) is 1. The first-order valence-corrected chi connectivity index (χ1v) is 6.41. The number of ether oxygens (including phenoxy) is 1. The minimum absolute atomic E-state index is 0.170. The summed E-state index contributed by atoms with van der Waals surface area (Å²) in [7, 11) is 2.02. The van der Waals surface area contributed by atoms with E-state index < -0.39 is 0 Å². The third kappa shape index (κ3) is 2.88. The van der Waals surface area contributed by atoms with Crippen molar-refractivity contribution in [2.75, 3.05) is 13.7 Å². The van der Waals surface area contributed by atoms with Crippen LogP contribution in [0.5, 0.6) is 0 Å². The molecule has 1 aliphatic heterocycles. The second-order valence-electron chi connectivity index (χ2n) is 4.98. The molecule has 4 heteroatoms. The van der Waals surface area contributed by atoms with Crippen LogP contribution in [-0.2, 0) is 17.8 Å². The van der Waals surface area contributed by atoms with Gasteiger partial charge >= 0.3 is 0 Å². The van der Waals surface area contributed by atoms with E-state index in [-0.39, 0.29) is 11.9 Å². The summed E-state index contributed by atoms with van der Waals surface area (Å²) in [5.41, 5.74) is 7.04. The Morgan fingerprint density at radius 1 is 1.50 bits per heavy atom. The highest BCUT2D eigenvalue weighted by Crippen LogP contribution is 2.21. The molecule has 0 aromatic heterocycles. The first-order chi connectivity index (χ1) is 8.61. The Labute approximate surface area is 108 Å². The number of benzene rings is 1. The van der Waals surface area contributed by atoms with E-state index in [2.05, 4.69) is 11.8 Å². The lowest BCUT2D eigenvalue weighted by atomic mass is 10.1. The van der Waals surface area contributed by atoms with E-state index in [1.54, 1.807) is 0 Å². The molecule has 0 bridgehead atoms. The predicted octanol–water partition coefficient (Wildman–Crippen LogP) is 1.89. The molecule has 0 spiro atoms. The lowest BCUT2D eigenvalue weighted by Gasteiger charge is -2.26. The van der Waals surface area contributed by atoms with E-state index in [0.717, 1.165) is 18.6 Å². The maximum Gasteiger partial charge on any atom is 0.128 e. The van der Waals surface area contributed by atoms with E-state index in [1.165, 1.54) is 6.07 Å². The Bertz CT molecular complexity index is 411. The third-order valence-electron chi connectivity index (χ3n) is 3.68. The zero-order chi connectivity index (χ0) is 13.1. The minimum Gasteiger partial charge on any atom is -0.377 e. The van der Waals surface area contributed by atoms with Gasteiger partial charge in [-0.15, -0.1) is 0 Å². The number of rotatable bonds is 4. The van der Waals surface area contributed by atoms with Gasteiger partial charge in [0.2, 0.25) is 0 Å². The first-order valence-electron chi connectivity index (χ1n) is 6.41. The van der Waals surface area contributed by atoms with Crippen LogP contribution in [0.3, 0.4) is 0 Å². The fourth-order valence-electron chi connectivity index (χ4n) is 2.53. The molecule has 2 atom stereocenters. The van der Waals surface area contributed by atoms with E-state index >= 15 is 0 Å². The van der Waals surface area contributed by atoms with Crippen molar-refractivity contribution in [2.45, 2.75) is 38.6 Å². The molecule has 1 aromatic rings. The van der Waals surface area contributed by atoms with Gasteiger partial charge in [0.05, 0.1) is 6.10 Å². The van der Waals surface area contributed by atoms with Crippen molar-refractivity contribution in [3.8, 4) is 0 Å². The van der Waals surface area contributed by atoms with Crippen LogP contribution >= 0.6 is 0 Å². The molecular weight excluding hydrogens is 231 g/mol. The summed E-state index contributed by atoms with van der Waals surface area (Å²) >= 11 is 0. The highest BCUT2D eigenvalue weighted by Gasteiger charge is 2.28. The average Bonchev–Trinajstić information content (AvgIpc) is 2.78. The molecule has 2 unspecified atom stereocenters. The Hall–Kier alpha value is -0.970. The summed E-state index contributed by atoms with van der Waals surface area (Å²) in [5, 5.41) is 0. The van der Waals surface area contributed by atoms with Gasteiger partial charge in [0.25, 0.3) is 0 Å². The molecule has 1 aromatic carbocycles. The molecule has 3 nitrogen and oxygen atoms in total. The number of hydrogen-bond donors (Lipinski definition) is 1. The monoisotopic (exact) mass is 252 g/mol. The number of nitrogens with zero attached hydrogens (tertiary/aromatic N) is 1. The standard InChI is InChI=1S/C14H21FN2O/c1-10-14(5-6-18-10)17(2)9-12-4-3-11(8-16)7-13(12)15/h3-4,7,10,14H,5-6,8-9,16H2,1-2H3. The van der Waals surface area contributed by atoms with Crippen molar-refractivity contribution in [1.82, 2.24) is 4.90 Å². The number of hydrogen-bond acceptors (Lipinski definition) is 3. The average molecular weight is 252 g/mol. The molecule has 100 valence electrons. The van der Waals surface area contributed by atoms with Gasteiger partial charge in [-0.05, 0) is 32.0 Å². The summed E-state index contributed by atoms with van der Waals surface area (Å²) in [4.78, 5) is 2.16. The van der Waals surface area contributed by atoms with Gasteiger partial charge in [0, 0.05) is 31.3 Å². The molecule has 0 aliphatic carbocycles. The molecule has 0 amide bonds. The van der Waals surface area contributed by atoms with Crippen LogP contribution in [0, 0.1) is 5.82 Å². The van der Waals surface area contributed by atoms with Gasteiger partial charge in [-0.1, -0.05) is 12.1 Å². The zero-order valence-corrected chi connectivity index (χ0v) is 11.0. The lowest BCUT2D eigenvalue weighted by molar-refractivity contribution is 0.0810. The molecular formula is C14H21FN2O. The number of halogens is 1. The van der Waals surface area contributed by atoms with Crippen LogP contribution in [0.1, 0.15) is 24.5 Å². The summed E-state index contributed by atoms with van der Waals surface area (Å²) < 4.78 is 19.4. The fraction of sp³-hybridized carbons (Fsp3) is 0.571. The molecule has 1 fully saturated rings. The van der Waals surface area contributed by atoms with Crippen molar-refractivity contribution >= 4 is 0 Å². The summed E-state index contributed by atoms with van der Waals surface area (Å²) in [6.07, 6.45) is 1.24. The van der Waals surface area contributed by atoms with Gasteiger partial charge < -0.3 is 10.5 Å². The largest absolute Gasteiger partial charge is 0.377 e. The summed E-state index contributed by atoms with van der Waals surface area (Å²) in [5.74, 6) is -0.170. The molecule has 1 heterocycles. The van der Waals surface area contributed by atoms with Crippen LogP contribution in [0.15, 0.2) is 18.2 Å². The van der Waals surface area contributed by atoms with E-state index in [1.807, 2.05) is 19.2 Å². The predicted molar refractivity (Wildman–Crippen MR) is 69.6 cm³/mol. The molecule has 2 N–H and O–H groups in total. The van der Waals surface area contributed by atoms with Crippen LogP contribution in [-0.4, -0.2) is 30.7 Å². The van der Waals surface area contributed by atoms with Crippen LogP contribution in [0.2, 0.25) is 0 Å². The summed E-state index contributed by atoms with van der Waals surface area (Å²) in [6, 6.07) is 5.62. The maximum absolute atomic E-state index is 13.9. The van der Waals surface area contributed by atoms with Crippen molar-refractivity contribution < 1.29 is 9.13 Å². The Morgan fingerprint density at radius 2 is 2.28 bits per heavy atom. The molecule has 0 saturated carbocycles. The van der Waals surface area contributed by atoms with Gasteiger partial charge in [-0.2, -0.15) is 0 Å². The Morgan fingerprint density at radius 3 is 2.83 bits per heavy atom. The second kappa shape index (κ2) is 5.78. The Balaban J connectivity index is 2.04. The topological polar surface area (TPSA) is 38.5 Å². The zero-order valence-electron chi connectivity index (χ0n) is 11.0. The molecule has 1 aliphatic rings. The summed E-state index contributed by atoms with van der Waals surface area (Å²) in [6.45, 7) is 3.85. The van der Waals surface area contributed by atoms with Crippen LogP contribution in [0.4, 0.5) is 4.39 Å². The van der Waals surface area contributed by atoms with Gasteiger partial charge in [-0.3, -0.25) is 4.90 Å². The van der Waals surface area contributed by atoms with Crippen molar-refractivity contribution in [3.05, 3.63) is 35.1 Å². The van der Waals surface area contributed by atoms with Gasteiger partial charge in [0.1, 0.15) is 5.82 Å². The van der Waals surface area contributed by atoms with Crippen LogP contribution in [0.25, 0.3) is 0 Å². The fourth-order valence-corrected chi connectivity index (χ4v) is 2.53. The van der Waals surface area contributed by atoms with E-state index in [4.69, 9.17) is 10.5 Å². The second-order valence-corrected chi connectivity index (χ2v) is 4.98. The SMILES string of the molecule is CC1OCCC1N(C)Cc1ccc(CN)cc1F. The number of nitrogens with two attached hydrogens (primary N) is 1. The highest BCUT2D eigenvalue weighted by molar-refractivity contribution is 5.24. The van der Waals surface area contributed by atoms with Gasteiger partial charge in [-0.25, -0.2) is 4.39 Å². The molecule has 1 saturated heterocycles. The van der Waals surface area contributed by atoms with Crippen LogP contribution < -0.4 is 5.73 Å².